The number of nitrogens with one attached hydrogen (secondary N) is 1. The zero-order chi connectivity index (χ0) is 24.1. The van der Waals surface area contributed by atoms with Crippen molar-refractivity contribution in [2.75, 3.05) is 31.6 Å². The van der Waals surface area contributed by atoms with E-state index in [0.29, 0.717) is 11.6 Å². The second kappa shape index (κ2) is 10.9. The van der Waals surface area contributed by atoms with Crippen LogP contribution < -0.4 is 11.1 Å². The molecule has 1 saturated carbocycles. The average molecular weight is 462 g/mol. The zero-order valence-electron chi connectivity index (χ0n) is 20.4. The number of nitrogens with zero attached hydrogens (tertiary/aromatic N) is 3. The van der Waals surface area contributed by atoms with Gasteiger partial charge in [-0.2, -0.15) is 5.10 Å². The van der Waals surface area contributed by atoms with E-state index in [1.807, 2.05) is 37.3 Å². The van der Waals surface area contributed by atoms with Crippen molar-refractivity contribution >= 4 is 17.2 Å². The normalized spacial score (nSPS) is 18.9. The summed E-state index contributed by atoms with van der Waals surface area (Å²) in [4.78, 5) is 15.3. The van der Waals surface area contributed by atoms with Crippen molar-refractivity contribution in [2.24, 2.45) is 5.73 Å². The molecule has 1 aromatic carbocycles. The van der Waals surface area contributed by atoms with Crippen molar-refractivity contribution in [3.8, 4) is 0 Å². The second-order valence-corrected chi connectivity index (χ2v) is 9.39. The molecule has 1 amide bonds. The summed E-state index contributed by atoms with van der Waals surface area (Å²) in [7, 11) is 0. The molecule has 1 aliphatic carbocycles. The summed E-state index contributed by atoms with van der Waals surface area (Å²) in [6.07, 6.45) is 9.55. The maximum Gasteiger partial charge on any atom is 0.276 e. The Bertz CT molecular complexity index is 1080. The van der Waals surface area contributed by atoms with Gasteiger partial charge in [-0.05, 0) is 86.1 Å². The number of hydrogen-bond acceptors (Lipinski definition) is 6. The van der Waals surface area contributed by atoms with E-state index in [1.54, 1.807) is 6.20 Å². The van der Waals surface area contributed by atoms with Gasteiger partial charge in [-0.3, -0.25) is 9.69 Å². The smallest absolute Gasteiger partial charge is 0.276 e. The fraction of sp³-hybridized carbons (Fsp3) is 0.444. The van der Waals surface area contributed by atoms with Crippen LogP contribution in [-0.2, 0) is 4.74 Å². The first kappa shape index (κ1) is 24.1. The number of benzene rings is 1. The fourth-order valence-corrected chi connectivity index (χ4v) is 4.47. The van der Waals surface area contributed by atoms with Crippen molar-refractivity contribution in [3.05, 3.63) is 70.7 Å². The van der Waals surface area contributed by atoms with Crippen LogP contribution in [0.4, 0.5) is 5.69 Å². The molecule has 1 aromatic heterocycles. The molecule has 1 atom stereocenters. The molecule has 2 heterocycles. The van der Waals surface area contributed by atoms with Crippen LogP contribution >= 0.6 is 0 Å². The Morgan fingerprint density at radius 2 is 2.03 bits per heavy atom. The maximum absolute atomic E-state index is 12.9. The summed E-state index contributed by atoms with van der Waals surface area (Å²) in [5, 5.41) is 11.1. The quantitative estimate of drug-likeness (QED) is 0.598. The van der Waals surface area contributed by atoms with Crippen LogP contribution in [0.25, 0.3) is 5.57 Å². The molecule has 7 heteroatoms. The fourth-order valence-electron chi connectivity index (χ4n) is 4.47. The summed E-state index contributed by atoms with van der Waals surface area (Å²) < 4.78 is 5.50. The third kappa shape index (κ3) is 5.90. The van der Waals surface area contributed by atoms with Crippen LogP contribution in [0.3, 0.4) is 0 Å². The molecule has 2 fully saturated rings. The monoisotopic (exact) mass is 461 g/mol. The SMILES string of the molecule is C/C(N)=C/C(=C\C(C)N1CCOCC1)c1cc(NC(=O)c2cc(C3CCC3)cnn2)ccc1C. The third-order valence-electron chi connectivity index (χ3n) is 6.72. The van der Waals surface area contributed by atoms with Gasteiger partial charge in [0.15, 0.2) is 5.69 Å². The van der Waals surface area contributed by atoms with E-state index in [0.717, 1.165) is 72.8 Å². The van der Waals surface area contributed by atoms with E-state index in [-0.39, 0.29) is 11.9 Å². The maximum atomic E-state index is 12.9. The van der Waals surface area contributed by atoms with Gasteiger partial charge in [-0.25, -0.2) is 0 Å². The molecule has 0 spiro atoms. The van der Waals surface area contributed by atoms with Gasteiger partial charge in [-0.15, -0.1) is 5.10 Å². The number of ether oxygens (including phenoxy) is 1. The number of nitrogens with two attached hydrogens (primary N) is 1. The van der Waals surface area contributed by atoms with Crippen LogP contribution in [0.5, 0.6) is 0 Å². The predicted octanol–water partition coefficient (Wildman–Crippen LogP) is 4.27. The minimum atomic E-state index is -0.249. The van der Waals surface area contributed by atoms with Crippen molar-refractivity contribution < 1.29 is 9.53 Å². The number of rotatable bonds is 7. The summed E-state index contributed by atoms with van der Waals surface area (Å²) >= 11 is 0. The Hall–Kier alpha value is -3.03. The molecule has 1 saturated heterocycles. The molecule has 2 aromatic rings. The predicted molar refractivity (Wildman–Crippen MR) is 136 cm³/mol. The first-order valence-electron chi connectivity index (χ1n) is 12.1. The topological polar surface area (TPSA) is 93.4 Å². The number of carbonyl (C=O) groups is 1. The highest BCUT2D eigenvalue weighted by atomic mass is 16.5. The van der Waals surface area contributed by atoms with Gasteiger partial charge in [-0.1, -0.05) is 18.6 Å². The number of allylic oxidation sites excluding steroid dienone is 3. The van der Waals surface area contributed by atoms with Gasteiger partial charge in [0, 0.05) is 30.5 Å². The van der Waals surface area contributed by atoms with Gasteiger partial charge >= 0.3 is 0 Å². The Morgan fingerprint density at radius 1 is 1.26 bits per heavy atom. The Labute approximate surface area is 202 Å². The van der Waals surface area contributed by atoms with Crippen molar-refractivity contribution in [3.63, 3.8) is 0 Å². The van der Waals surface area contributed by atoms with Gasteiger partial charge in [0.1, 0.15) is 0 Å². The molecular weight excluding hydrogens is 426 g/mol. The molecule has 2 aliphatic rings. The average Bonchev–Trinajstić information content (AvgIpc) is 2.79. The first-order chi connectivity index (χ1) is 16.4. The van der Waals surface area contributed by atoms with E-state index in [4.69, 9.17) is 10.5 Å². The third-order valence-corrected chi connectivity index (χ3v) is 6.72. The molecule has 0 bridgehead atoms. The molecule has 180 valence electrons. The van der Waals surface area contributed by atoms with Crippen LogP contribution in [0, 0.1) is 6.92 Å². The standard InChI is InChI=1S/C27H35N5O2/c1-18-7-8-24(30-27(33)26-15-23(17-29-31-26)21-5-4-6-21)16-25(18)22(13-19(2)28)14-20(3)32-9-11-34-12-10-32/h7-8,13-17,20-21H,4-6,9-12,28H2,1-3H3,(H,30,33)/b19-13-,22-14+. The van der Waals surface area contributed by atoms with Gasteiger partial charge in [0.2, 0.25) is 0 Å². The van der Waals surface area contributed by atoms with Crippen LogP contribution in [0.2, 0.25) is 0 Å². The second-order valence-electron chi connectivity index (χ2n) is 9.39. The highest BCUT2D eigenvalue weighted by molar-refractivity contribution is 6.03. The largest absolute Gasteiger partial charge is 0.402 e. The number of anilines is 1. The molecule has 1 unspecified atom stereocenters. The Morgan fingerprint density at radius 3 is 2.71 bits per heavy atom. The molecular formula is C27H35N5O2. The highest BCUT2D eigenvalue weighted by Crippen LogP contribution is 2.36. The van der Waals surface area contributed by atoms with Crippen molar-refractivity contribution in [1.82, 2.24) is 15.1 Å². The summed E-state index contributed by atoms with van der Waals surface area (Å²) in [6, 6.07) is 8.05. The number of amides is 1. The van der Waals surface area contributed by atoms with Crippen molar-refractivity contribution in [1.29, 1.82) is 0 Å². The number of aryl methyl sites for hydroxylation is 1. The van der Waals surface area contributed by atoms with Gasteiger partial charge in [0.25, 0.3) is 5.91 Å². The number of carbonyl (C=O) groups excluding carboxylic acids is 1. The van der Waals surface area contributed by atoms with Gasteiger partial charge < -0.3 is 15.8 Å². The van der Waals surface area contributed by atoms with E-state index < -0.39 is 0 Å². The lowest BCUT2D eigenvalue weighted by Gasteiger charge is -2.31. The van der Waals surface area contributed by atoms with Crippen molar-refractivity contribution in [2.45, 2.75) is 52.0 Å². The summed E-state index contributed by atoms with van der Waals surface area (Å²) in [5.41, 5.74) is 12.2. The Balaban J connectivity index is 1.57. The number of hydrogen-bond donors (Lipinski definition) is 2. The lowest BCUT2D eigenvalue weighted by atomic mass is 9.81. The summed E-state index contributed by atoms with van der Waals surface area (Å²) in [5.74, 6) is 0.252. The molecule has 0 radical (unpaired) electrons. The van der Waals surface area contributed by atoms with E-state index in [9.17, 15) is 4.79 Å². The Kier molecular flexibility index (Phi) is 7.75. The zero-order valence-corrected chi connectivity index (χ0v) is 20.4. The molecule has 4 rings (SSSR count). The van der Waals surface area contributed by atoms with Crippen LogP contribution in [0.15, 0.2) is 48.3 Å². The van der Waals surface area contributed by atoms with E-state index in [1.165, 1.54) is 6.42 Å². The molecule has 34 heavy (non-hydrogen) atoms. The van der Waals surface area contributed by atoms with E-state index in [2.05, 4.69) is 40.3 Å². The first-order valence-corrected chi connectivity index (χ1v) is 12.1. The minimum absolute atomic E-state index is 0.233. The minimum Gasteiger partial charge on any atom is -0.402 e. The molecule has 1 aliphatic heterocycles. The lowest BCUT2D eigenvalue weighted by Crippen LogP contribution is -2.41. The van der Waals surface area contributed by atoms with Gasteiger partial charge in [0.05, 0.1) is 19.4 Å². The van der Waals surface area contributed by atoms with E-state index >= 15 is 0 Å². The van der Waals surface area contributed by atoms with Crippen LogP contribution in [-0.4, -0.2) is 53.3 Å². The lowest BCUT2D eigenvalue weighted by molar-refractivity contribution is 0.0288. The number of morpholine rings is 1. The number of aromatic nitrogens is 2. The molecule has 3 N–H and O–H groups in total. The molecule has 7 nitrogen and oxygen atoms in total. The van der Waals surface area contributed by atoms with Crippen LogP contribution in [0.1, 0.15) is 66.2 Å². The summed E-state index contributed by atoms with van der Waals surface area (Å²) in [6.45, 7) is 9.48. The highest BCUT2D eigenvalue weighted by Gasteiger charge is 2.22.